The highest BCUT2D eigenvalue weighted by molar-refractivity contribution is 7.09. The number of aromatic nitrogens is 1. The van der Waals surface area contributed by atoms with Crippen molar-refractivity contribution in [3.05, 3.63) is 70.2 Å². The molecule has 1 aliphatic heterocycles. The normalized spacial score (nSPS) is 13.1. The maximum atomic E-state index is 12.2. The van der Waals surface area contributed by atoms with Gasteiger partial charge in [-0.05, 0) is 43.7 Å². The van der Waals surface area contributed by atoms with Crippen LogP contribution in [0.4, 0.5) is 11.4 Å². The van der Waals surface area contributed by atoms with E-state index in [1.54, 1.807) is 28.5 Å². The van der Waals surface area contributed by atoms with Crippen LogP contribution in [0.1, 0.15) is 33.9 Å². The van der Waals surface area contributed by atoms with Gasteiger partial charge in [0.25, 0.3) is 5.91 Å². The van der Waals surface area contributed by atoms with Crippen molar-refractivity contribution in [1.82, 2.24) is 4.98 Å². The fraction of sp³-hybridized carbons (Fsp3) is 0.250. The van der Waals surface area contributed by atoms with Gasteiger partial charge in [-0.1, -0.05) is 23.8 Å². The van der Waals surface area contributed by atoms with E-state index in [9.17, 15) is 14.4 Å². The van der Waals surface area contributed by atoms with Crippen molar-refractivity contribution < 1.29 is 23.9 Å². The van der Waals surface area contributed by atoms with Crippen LogP contribution in [0.5, 0.6) is 5.75 Å². The maximum Gasteiger partial charge on any atom is 0.358 e. The van der Waals surface area contributed by atoms with Gasteiger partial charge in [-0.25, -0.2) is 9.78 Å². The molecule has 1 aromatic heterocycles. The number of nitrogens with zero attached hydrogens (tertiary/aromatic N) is 2. The van der Waals surface area contributed by atoms with E-state index in [0.29, 0.717) is 23.7 Å². The molecule has 170 valence electrons. The van der Waals surface area contributed by atoms with Gasteiger partial charge in [0, 0.05) is 29.7 Å². The molecule has 0 bridgehead atoms. The number of hydrogen-bond donors (Lipinski definition) is 1. The second-order valence-corrected chi connectivity index (χ2v) is 8.49. The van der Waals surface area contributed by atoms with Crippen LogP contribution in [-0.4, -0.2) is 35.9 Å². The number of amides is 2. The molecule has 8 nitrogen and oxygen atoms in total. The Morgan fingerprint density at radius 1 is 1.18 bits per heavy atom. The Morgan fingerprint density at radius 3 is 2.76 bits per heavy atom. The molecule has 2 aromatic carbocycles. The predicted octanol–water partition coefficient (Wildman–Crippen LogP) is 3.95. The van der Waals surface area contributed by atoms with E-state index in [2.05, 4.69) is 10.3 Å². The summed E-state index contributed by atoms with van der Waals surface area (Å²) in [5.41, 5.74) is 2.53. The molecule has 2 heterocycles. The minimum Gasteiger partial charge on any atom is -0.486 e. The molecule has 0 atom stereocenters. The third-order valence-electron chi connectivity index (χ3n) is 4.99. The molecule has 1 fully saturated rings. The molecular weight excluding hydrogens is 442 g/mol. The number of ether oxygens (including phenoxy) is 2. The summed E-state index contributed by atoms with van der Waals surface area (Å²) >= 11 is 1.28. The number of nitrogens with one attached hydrogen (secondary N) is 1. The fourth-order valence-electron chi connectivity index (χ4n) is 3.33. The van der Waals surface area contributed by atoms with Gasteiger partial charge in [0.05, 0.1) is 0 Å². The standard InChI is InChI=1S/C24H23N3O5S/c1-16-7-9-19(10-8-16)31-14-22-26-20(15-33-22)24(30)32-13-21(28)25-17-4-2-5-18(12-17)27-11-3-6-23(27)29/h2,4-5,7-10,12,15H,3,6,11,13-14H2,1H3,(H,25,28). The largest absolute Gasteiger partial charge is 0.486 e. The van der Waals surface area contributed by atoms with E-state index in [4.69, 9.17) is 9.47 Å². The number of anilines is 2. The quantitative estimate of drug-likeness (QED) is 0.506. The van der Waals surface area contributed by atoms with Crippen LogP contribution in [0.3, 0.4) is 0 Å². The first kappa shape index (κ1) is 22.5. The van der Waals surface area contributed by atoms with Crippen LogP contribution in [0.15, 0.2) is 53.9 Å². The minimum absolute atomic E-state index is 0.0688. The lowest BCUT2D eigenvalue weighted by Crippen LogP contribution is -2.24. The third kappa shape index (κ3) is 5.95. The maximum absolute atomic E-state index is 12.2. The van der Waals surface area contributed by atoms with E-state index < -0.39 is 18.5 Å². The molecule has 0 unspecified atom stereocenters. The van der Waals surface area contributed by atoms with Gasteiger partial charge in [0.1, 0.15) is 17.4 Å². The Bertz CT molecular complexity index is 1160. The molecule has 9 heteroatoms. The summed E-state index contributed by atoms with van der Waals surface area (Å²) in [6, 6.07) is 14.7. The summed E-state index contributed by atoms with van der Waals surface area (Å²) in [6.07, 6.45) is 1.35. The van der Waals surface area contributed by atoms with E-state index in [1.807, 2.05) is 37.3 Å². The first-order valence-corrected chi connectivity index (χ1v) is 11.4. The SMILES string of the molecule is Cc1ccc(OCc2nc(C(=O)OCC(=O)Nc3cccc(N4CCCC4=O)c3)cs2)cc1. The number of carbonyl (C=O) groups excluding carboxylic acids is 3. The average Bonchev–Trinajstić information content (AvgIpc) is 3.46. The first-order chi connectivity index (χ1) is 16.0. The lowest BCUT2D eigenvalue weighted by Gasteiger charge is -2.16. The molecular formula is C24H23N3O5S. The second kappa shape index (κ2) is 10.3. The molecule has 0 spiro atoms. The van der Waals surface area contributed by atoms with Crippen molar-refractivity contribution in [3.63, 3.8) is 0 Å². The number of hydrogen-bond acceptors (Lipinski definition) is 7. The summed E-state index contributed by atoms with van der Waals surface area (Å²) in [6.45, 7) is 2.45. The van der Waals surface area contributed by atoms with Gasteiger partial charge in [-0.2, -0.15) is 0 Å². The van der Waals surface area contributed by atoms with Gasteiger partial charge >= 0.3 is 5.97 Å². The van der Waals surface area contributed by atoms with Crippen molar-refractivity contribution in [1.29, 1.82) is 0 Å². The van der Waals surface area contributed by atoms with Crippen LogP contribution >= 0.6 is 11.3 Å². The number of carbonyl (C=O) groups is 3. The van der Waals surface area contributed by atoms with Gasteiger partial charge in [-0.3, -0.25) is 9.59 Å². The summed E-state index contributed by atoms with van der Waals surface area (Å²) in [5.74, 6) is -0.375. The number of rotatable bonds is 8. The topological polar surface area (TPSA) is 97.8 Å². The Morgan fingerprint density at radius 2 is 2.00 bits per heavy atom. The Balaban J connectivity index is 1.25. The molecule has 0 saturated carbocycles. The number of benzene rings is 2. The van der Waals surface area contributed by atoms with Crippen LogP contribution in [0.2, 0.25) is 0 Å². The van der Waals surface area contributed by atoms with E-state index in [-0.39, 0.29) is 18.2 Å². The summed E-state index contributed by atoms with van der Waals surface area (Å²) in [7, 11) is 0. The van der Waals surface area contributed by atoms with Gasteiger partial charge in [0.2, 0.25) is 5.91 Å². The van der Waals surface area contributed by atoms with Gasteiger partial charge in [-0.15, -0.1) is 11.3 Å². The second-order valence-electron chi connectivity index (χ2n) is 7.55. The molecule has 0 radical (unpaired) electrons. The fourth-order valence-corrected chi connectivity index (χ4v) is 4.00. The predicted molar refractivity (Wildman–Crippen MR) is 125 cm³/mol. The lowest BCUT2D eigenvalue weighted by molar-refractivity contribution is -0.119. The van der Waals surface area contributed by atoms with Crippen molar-refractivity contribution >= 4 is 40.5 Å². The van der Waals surface area contributed by atoms with Crippen molar-refractivity contribution in [2.24, 2.45) is 0 Å². The zero-order valence-electron chi connectivity index (χ0n) is 18.1. The number of aryl methyl sites for hydroxylation is 1. The summed E-state index contributed by atoms with van der Waals surface area (Å²) < 4.78 is 10.8. The summed E-state index contributed by atoms with van der Waals surface area (Å²) in [4.78, 5) is 42.3. The average molecular weight is 466 g/mol. The molecule has 1 aliphatic rings. The van der Waals surface area contributed by atoms with E-state index in [0.717, 1.165) is 23.4 Å². The van der Waals surface area contributed by atoms with Crippen molar-refractivity contribution in [2.75, 3.05) is 23.4 Å². The Labute approximate surface area is 195 Å². The smallest absolute Gasteiger partial charge is 0.358 e. The first-order valence-electron chi connectivity index (χ1n) is 10.5. The highest BCUT2D eigenvalue weighted by Crippen LogP contribution is 2.24. The van der Waals surface area contributed by atoms with Crippen molar-refractivity contribution in [3.8, 4) is 5.75 Å². The highest BCUT2D eigenvalue weighted by Gasteiger charge is 2.22. The Kier molecular flexibility index (Phi) is 6.99. The number of esters is 1. The molecule has 1 saturated heterocycles. The molecule has 4 rings (SSSR count). The van der Waals surface area contributed by atoms with E-state index in [1.165, 1.54) is 11.3 Å². The summed E-state index contributed by atoms with van der Waals surface area (Å²) in [5, 5.41) is 4.88. The van der Waals surface area contributed by atoms with Gasteiger partial charge < -0.3 is 19.7 Å². The van der Waals surface area contributed by atoms with Crippen LogP contribution in [0, 0.1) is 6.92 Å². The monoisotopic (exact) mass is 465 g/mol. The molecule has 1 N–H and O–H groups in total. The molecule has 2 amide bonds. The minimum atomic E-state index is -0.681. The zero-order valence-corrected chi connectivity index (χ0v) is 18.9. The van der Waals surface area contributed by atoms with Gasteiger partial charge in [0.15, 0.2) is 12.3 Å². The zero-order chi connectivity index (χ0) is 23.2. The molecule has 0 aliphatic carbocycles. The molecule has 3 aromatic rings. The number of thiazole rings is 1. The highest BCUT2D eigenvalue weighted by atomic mass is 32.1. The van der Waals surface area contributed by atoms with E-state index >= 15 is 0 Å². The van der Waals surface area contributed by atoms with Crippen LogP contribution < -0.4 is 15.0 Å². The van der Waals surface area contributed by atoms with Crippen LogP contribution in [-0.2, 0) is 20.9 Å². The third-order valence-corrected chi connectivity index (χ3v) is 5.82. The van der Waals surface area contributed by atoms with Crippen molar-refractivity contribution in [2.45, 2.75) is 26.4 Å². The Hall–Kier alpha value is -3.72. The van der Waals surface area contributed by atoms with Crippen LogP contribution in [0.25, 0.3) is 0 Å². The lowest BCUT2D eigenvalue weighted by atomic mass is 10.2. The molecule has 33 heavy (non-hydrogen) atoms.